The standard InChI is InChI=1S/C23H24FN5O/c1-3-16-6-5-7-19(12-16)29-22(30)15-28-23(25-4-2)26-11-10-17-14-27-21-13-18(24)8-9-20(17)21/h1,5-9,12-14,27H,4,10-11,15H2,2H3,(H,29,30)(H2,25,26,28). The van der Waals surface area contributed by atoms with Crippen LogP contribution in [0.15, 0.2) is 53.7 Å². The second-order valence-corrected chi connectivity index (χ2v) is 6.65. The van der Waals surface area contributed by atoms with Gasteiger partial charge in [0, 0.05) is 41.4 Å². The average Bonchev–Trinajstić information content (AvgIpc) is 3.14. The molecule has 1 aromatic heterocycles. The third-order valence-electron chi connectivity index (χ3n) is 4.45. The van der Waals surface area contributed by atoms with E-state index in [1.165, 1.54) is 12.1 Å². The number of rotatable bonds is 7. The molecule has 0 aliphatic carbocycles. The van der Waals surface area contributed by atoms with Crippen molar-refractivity contribution in [3.05, 3.63) is 65.6 Å². The van der Waals surface area contributed by atoms with Gasteiger partial charge in [0.05, 0.1) is 0 Å². The highest BCUT2D eigenvalue weighted by Crippen LogP contribution is 2.19. The summed E-state index contributed by atoms with van der Waals surface area (Å²) in [6.45, 7) is 3.21. The smallest absolute Gasteiger partial charge is 0.246 e. The predicted octanol–water partition coefficient (Wildman–Crippen LogP) is 3.02. The number of nitrogens with one attached hydrogen (secondary N) is 4. The molecule has 4 N–H and O–H groups in total. The SMILES string of the molecule is C#Cc1cccc(NC(=O)CN=C(NCC)NCCc2c[nH]c3cc(F)ccc23)c1. The zero-order valence-corrected chi connectivity index (χ0v) is 16.8. The van der Waals surface area contributed by atoms with Crippen LogP contribution >= 0.6 is 0 Å². The van der Waals surface area contributed by atoms with Crippen LogP contribution in [0.25, 0.3) is 10.9 Å². The van der Waals surface area contributed by atoms with Crippen molar-refractivity contribution in [2.24, 2.45) is 4.99 Å². The van der Waals surface area contributed by atoms with Gasteiger partial charge >= 0.3 is 0 Å². The zero-order valence-electron chi connectivity index (χ0n) is 16.8. The molecule has 0 bridgehead atoms. The van der Waals surface area contributed by atoms with Crippen molar-refractivity contribution >= 4 is 28.5 Å². The molecule has 1 amide bonds. The molecule has 0 atom stereocenters. The summed E-state index contributed by atoms with van der Waals surface area (Å²) in [7, 11) is 0. The van der Waals surface area contributed by atoms with Gasteiger partial charge in [0.15, 0.2) is 5.96 Å². The molecule has 0 saturated heterocycles. The Bertz CT molecular complexity index is 1100. The Balaban J connectivity index is 1.54. The number of terminal acetylenes is 1. The number of carbonyl (C=O) groups excluding carboxylic acids is 1. The molecule has 154 valence electrons. The van der Waals surface area contributed by atoms with Crippen molar-refractivity contribution in [3.63, 3.8) is 0 Å². The number of carbonyl (C=O) groups is 1. The molecule has 7 heteroatoms. The molecule has 0 spiro atoms. The summed E-state index contributed by atoms with van der Waals surface area (Å²) in [4.78, 5) is 19.6. The second kappa shape index (κ2) is 10.1. The summed E-state index contributed by atoms with van der Waals surface area (Å²) >= 11 is 0. The number of anilines is 1. The summed E-state index contributed by atoms with van der Waals surface area (Å²) in [5, 5.41) is 10.1. The Hall–Kier alpha value is -3.79. The molecule has 3 aromatic rings. The number of aromatic amines is 1. The summed E-state index contributed by atoms with van der Waals surface area (Å²) < 4.78 is 13.3. The molecule has 0 fully saturated rings. The number of hydrogen-bond acceptors (Lipinski definition) is 2. The van der Waals surface area contributed by atoms with E-state index in [-0.39, 0.29) is 18.3 Å². The highest BCUT2D eigenvalue weighted by atomic mass is 19.1. The first kappa shape index (κ1) is 20.9. The molecule has 0 radical (unpaired) electrons. The van der Waals surface area contributed by atoms with Crippen molar-refractivity contribution in [3.8, 4) is 12.3 Å². The Labute approximate surface area is 175 Å². The molecular weight excluding hydrogens is 381 g/mol. The number of hydrogen-bond donors (Lipinski definition) is 4. The fourth-order valence-electron chi connectivity index (χ4n) is 3.06. The summed E-state index contributed by atoms with van der Waals surface area (Å²) in [6.07, 6.45) is 7.99. The number of halogens is 1. The summed E-state index contributed by atoms with van der Waals surface area (Å²) in [5.74, 6) is 2.59. The van der Waals surface area contributed by atoms with E-state index in [0.717, 1.165) is 22.9 Å². The van der Waals surface area contributed by atoms with E-state index in [0.29, 0.717) is 30.3 Å². The third kappa shape index (κ3) is 5.61. The molecule has 0 aliphatic heterocycles. The molecule has 30 heavy (non-hydrogen) atoms. The number of aliphatic imine (C=N–C) groups is 1. The van der Waals surface area contributed by atoms with Gasteiger partial charge in [-0.2, -0.15) is 0 Å². The first-order valence-electron chi connectivity index (χ1n) is 9.73. The van der Waals surface area contributed by atoms with E-state index in [1.54, 1.807) is 30.3 Å². The maximum atomic E-state index is 13.3. The predicted molar refractivity (Wildman–Crippen MR) is 119 cm³/mol. The molecule has 1 heterocycles. The molecule has 2 aromatic carbocycles. The molecule has 0 unspecified atom stereocenters. The zero-order chi connectivity index (χ0) is 21.3. The van der Waals surface area contributed by atoms with Gasteiger partial charge in [-0.05, 0) is 55.3 Å². The number of benzene rings is 2. The van der Waals surface area contributed by atoms with Crippen molar-refractivity contribution < 1.29 is 9.18 Å². The lowest BCUT2D eigenvalue weighted by Gasteiger charge is -2.11. The van der Waals surface area contributed by atoms with E-state index in [1.807, 2.05) is 13.1 Å². The third-order valence-corrected chi connectivity index (χ3v) is 4.45. The molecule has 3 rings (SSSR count). The van der Waals surface area contributed by atoms with E-state index in [2.05, 4.69) is 31.8 Å². The van der Waals surface area contributed by atoms with Crippen LogP contribution in [0.2, 0.25) is 0 Å². The minimum Gasteiger partial charge on any atom is -0.361 e. The largest absolute Gasteiger partial charge is 0.361 e. The van der Waals surface area contributed by atoms with Gasteiger partial charge in [-0.1, -0.05) is 12.0 Å². The minimum absolute atomic E-state index is 0.0258. The van der Waals surface area contributed by atoms with E-state index in [9.17, 15) is 9.18 Å². The van der Waals surface area contributed by atoms with Crippen LogP contribution in [-0.4, -0.2) is 36.5 Å². The van der Waals surface area contributed by atoms with Gasteiger partial charge in [0.25, 0.3) is 0 Å². The first-order valence-corrected chi connectivity index (χ1v) is 9.73. The van der Waals surface area contributed by atoms with Crippen LogP contribution in [-0.2, 0) is 11.2 Å². The fraction of sp³-hybridized carbons (Fsp3) is 0.217. The van der Waals surface area contributed by atoms with Crippen LogP contribution in [0.5, 0.6) is 0 Å². The van der Waals surface area contributed by atoms with Crippen molar-refractivity contribution in [2.75, 3.05) is 25.0 Å². The average molecular weight is 405 g/mol. The number of aromatic nitrogens is 1. The molecule has 0 saturated carbocycles. The van der Waals surface area contributed by atoms with Crippen LogP contribution in [0.1, 0.15) is 18.1 Å². The lowest BCUT2D eigenvalue weighted by Crippen LogP contribution is -2.39. The van der Waals surface area contributed by atoms with Crippen LogP contribution in [0.4, 0.5) is 10.1 Å². The van der Waals surface area contributed by atoms with Gasteiger partial charge in [0.1, 0.15) is 12.4 Å². The highest BCUT2D eigenvalue weighted by Gasteiger charge is 2.06. The van der Waals surface area contributed by atoms with Crippen LogP contribution in [0, 0.1) is 18.2 Å². The first-order chi connectivity index (χ1) is 14.6. The van der Waals surface area contributed by atoms with Gasteiger partial charge in [-0.15, -0.1) is 6.42 Å². The van der Waals surface area contributed by atoms with Crippen LogP contribution < -0.4 is 16.0 Å². The van der Waals surface area contributed by atoms with Crippen molar-refractivity contribution in [2.45, 2.75) is 13.3 Å². The summed E-state index contributed by atoms with van der Waals surface area (Å²) in [6, 6.07) is 11.8. The lowest BCUT2D eigenvalue weighted by atomic mass is 10.1. The van der Waals surface area contributed by atoms with Crippen molar-refractivity contribution in [1.82, 2.24) is 15.6 Å². The Morgan fingerprint density at radius 1 is 1.23 bits per heavy atom. The Morgan fingerprint density at radius 3 is 2.90 bits per heavy atom. The fourth-order valence-corrected chi connectivity index (χ4v) is 3.06. The lowest BCUT2D eigenvalue weighted by molar-refractivity contribution is -0.114. The van der Waals surface area contributed by atoms with Gasteiger partial charge < -0.3 is 20.9 Å². The van der Waals surface area contributed by atoms with E-state index < -0.39 is 0 Å². The number of H-pyrrole nitrogens is 1. The van der Waals surface area contributed by atoms with E-state index >= 15 is 0 Å². The number of guanidine groups is 1. The van der Waals surface area contributed by atoms with Crippen LogP contribution in [0.3, 0.4) is 0 Å². The Kier molecular flexibility index (Phi) is 7.06. The second-order valence-electron chi connectivity index (χ2n) is 6.65. The van der Waals surface area contributed by atoms with E-state index in [4.69, 9.17) is 6.42 Å². The maximum Gasteiger partial charge on any atom is 0.246 e. The monoisotopic (exact) mass is 405 g/mol. The maximum absolute atomic E-state index is 13.3. The minimum atomic E-state index is -0.264. The molecule has 0 aliphatic rings. The summed E-state index contributed by atoms with van der Waals surface area (Å²) in [5.41, 5.74) is 3.20. The number of amides is 1. The quantitative estimate of drug-likeness (QED) is 0.277. The van der Waals surface area contributed by atoms with Gasteiger partial charge in [-0.25, -0.2) is 9.38 Å². The topological polar surface area (TPSA) is 81.3 Å². The number of fused-ring (bicyclic) bond motifs is 1. The van der Waals surface area contributed by atoms with Crippen molar-refractivity contribution in [1.29, 1.82) is 0 Å². The molecule has 6 nitrogen and oxygen atoms in total. The highest BCUT2D eigenvalue weighted by molar-refractivity contribution is 5.94. The number of nitrogens with zero attached hydrogens (tertiary/aromatic N) is 1. The van der Waals surface area contributed by atoms with Gasteiger partial charge in [0.2, 0.25) is 5.91 Å². The molecular formula is C23H24FN5O. The Morgan fingerprint density at radius 2 is 2.10 bits per heavy atom. The van der Waals surface area contributed by atoms with Gasteiger partial charge in [-0.3, -0.25) is 4.79 Å². The normalized spacial score (nSPS) is 11.2.